The Balaban J connectivity index is 1.73. The third kappa shape index (κ3) is 4.27. The third-order valence-corrected chi connectivity index (χ3v) is 5.03. The predicted molar refractivity (Wildman–Crippen MR) is 124 cm³/mol. The summed E-state index contributed by atoms with van der Waals surface area (Å²) < 4.78 is 1.30. The molecule has 0 fully saturated rings. The summed E-state index contributed by atoms with van der Waals surface area (Å²) in [7, 11) is 3.33. The lowest BCUT2D eigenvalue weighted by Crippen LogP contribution is -2.28. The lowest BCUT2D eigenvalue weighted by Gasteiger charge is -2.13. The summed E-state index contributed by atoms with van der Waals surface area (Å²) in [5, 5.41) is 8.09. The molecule has 0 saturated heterocycles. The Bertz CT molecular complexity index is 1360. The van der Waals surface area contributed by atoms with Gasteiger partial charge < -0.3 is 10.2 Å². The van der Waals surface area contributed by atoms with Gasteiger partial charge in [-0.25, -0.2) is 4.68 Å². The number of anilines is 1. The number of nitrogens with one attached hydrogen (secondary N) is 1. The molecule has 7 nitrogen and oxygen atoms in total. The van der Waals surface area contributed by atoms with Crippen LogP contribution in [0.4, 0.5) is 5.69 Å². The van der Waals surface area contributed by atoms with Crippen LogP contribution in [0.2, 0.25) is 0 Å². The number of hydrogen-bond acceptors (Lipinski definition) is 4. The van der Waals surface area contributed by atoms with Crippen LogP contribution in [0.5, 0.6) is 0 Å². The Morgan fingerprint density at radius 1 is 0.906 bits per heavy atom. The molecule has 0 spiro atoms. The fourth-order valence-corrected chi connectivity index (χ4v) is 3.44. The second kappa shape index (κ2) is 8.85. The highest BCUT2D eigenvalue weighted by atomic mass is 16.2. The van der Waals surface area contributed by atoms with Crippen molar-refractivity contribution in [2.24, 2.45) is 0 Å². The van der Waals surface area contributed by atoms with E-state index >= 15 is 0 Å². The average Bonchev–Trinajstić information content (AvgIpc) is 2.81. The first-order valence-electron chi connectivity index (χ1n) is 10.1. The van der Waals surface area contributed by atoms with Crippen LogP contribution in [0.3, 0.4) is 0 Å². The summed E-state index contributed by atoms with van der Waals surface area (Å²) in [5.74, 6) is -0.626. The van der Waals surface area contributed by atoms with Crippen LogP contribution in [0.15, 0.2) is 83.7 Å². The number of benzene rings is 3. The van der Waals surface area contributed by atoms with Gasteiger partial charge in [-0.2, -0.15) is 5.10 Å². The molecule has 0 saturated carbocycles. The zero-order valence-electron chi connectivity index (χ0n) is 17.8. The highest BCUT2D eigenvalue weighted by molar-refractivity contribution is 6.11. The van der Waals surface area contributed by atoms with E-state index in [1.54, 1.807) is 62.6 Å². The van der Waals surface area contributed by atoms with Gasteiger partial charge in [0.25, 0.3) is 17.4 Å². The van der Waals surface area contributed by atoms with Crippen LogP contribution in [0.25, 0.3) is 10.8 Å². The summed E-state index contributed by atoms with van der Waals surface area (Å²) in [4.78, 5) is 39.9. The molecule has 32 heavy (non-hydrogen) atoms. The van der Waals surface area contributed by atoms with E-state index in [0.717, 1.165) is 5.56 Å². The van der Waals surface area contributed by atoms with Crippen molar-refractivity contribution in [3.63, 3.8) is 0 Å². The van der Waals surface area contributed by atoms with Crippen molar-refractivity contribution >= 4 is 28.3 Å². The number of nitrogens with zero attached hydrogens (tertiary/aromatic N) is 3. The van der Waals surface area contributed by atoms with E-state index in [1.165, 1.54) is 9.58 Å². The molecule has 0 aliphatic heterocycles. The minimum Gasteiger partial charge on any atom is -0.345 e. The van der Waals surface area contributed by atoms with Gasteiger partial charge in [-0.05, 0) is 29.8 Å². The van der Waals surface area contributed by atoms with E-state index < -0.39 is 5.91 Å². The molecule has 3 aromatic carbocycles. The van der Waals surface area contributed by atoms with Gasteiger partial charge in [0.05, 0.1) is 11.9 Å². The molecule has 7 heteroatoms. The number of carbonyl (C=O) groups excluding carboxylic acids is 2. The minimum absolute atomic E-state index is 0.139. The maximum atomic E-state index is 13.2. The summed E-state index contributed by atoms with van der Waals surface area (Å²) in [6.07, 6.45) is 0. The second-order valence-electron chi connectivity index (χ2n) is 7.58. The minimum atomic E-state index is -0.461. The maximum Gasteiger partial charge on any atom is 0.276 e. The molecule has 0 aliphatic rings. The SMILES string of the molecule is CN(C)C(=O)c1cccc(NC(=O)c2nn(Cc3ccccc3)c(=O)c3ccccc23)c1. The quantitative estimate of drug-likeness (QED) is 0.530. The number of carbonyl (C=O) groups is 2. The number of hydrogen-bond donors (Lipinski definition) is 1. The van der Waals surface area contributed by atoms with E-state index in [-0.39, 0.29) is 23.7 Å². The summed E-state index contributed by atoms with van der Waals surface area (Å²) >= 11 is 0. The van der Waals surface area contributed by atoms with Crippen LogP contribution < -0.4 is 10.9 Å². The molecule has 2 amide bonds. The van der Waals surface area contributed by atoms with Crippen LogP contribution in [0, 0.1) is 0 Å². The molecule has 1 aromatic heterocycles. The second-order valence-corrected chi connectivity index (χ2v) is 7.58. The van der Waals surface area contributed by atoms with E-state index in [0.29, 0.717) is 22.0 Å². The van der Waals surface area contributed by atoms with Crippen molar-refractivity contribution in [2.75, 3.05) is 19.4 Å². The molecule has 1 heterocycles. The van der Waals surface area contributed by atoms with E-state index in [2.05, 4.69) is 10.4 Å². The number of rotatable bonds is 5. The van der Waals surface area contributed by atoms with Crippen LogP contribution in [0.1, 0.15) is 26.4 Å². The summed E-state index contributed by atoms with van der Waals surface area (Å²) in [6.45, 7) is 0.248. The highest BCUT2D eigenvalue weighted by Crippen LogP contribution is 2.17. The summed E-state index contributed by atoms with van der Waals surface area (Å²) in [6, 6.07) is 23.1. The molecular weight excluding hydrogens is 404 g/mol. The Labute approximate surface area is 184 Å². The van der Waals surface area contributed by atoms with Gasteiger partial charge >= 0.3 is 0 Å². The van der Waals surface area contributed by atoms with Gasteiger partial charge in [0, 0.05) is 30.7 Å². The van der Waals surface area contributed by atoms with Crippen molar-refractivity contribution in [3.8, 4) is 0 Å². The fraction of sp³-hybridized carbons (Fsp3) is 0.120. The van der Waals surface area contributed by atoms with E-state index in [9.17, 15) is 14.4 Å². The van der Waals surface area contributed by atoms with Crippen molar-refractivity contribution in [2.45, 2.75) is 6.54 Å². The molecule has 0 atom stereocenters. The van der Waals surface area contributed by atoms with Gasteiger partial charge in [0.15, 0.2) is 5.69 Å². The molecule has 0 radical (unpaired) electrons. The van der Waals surface area contributed by atoms with E-state index in [1.807, 2.05) is 30.3 Å². The lowest BCUT2D eigenvalue weighted by molar-refractivity contribution is 0.0827. The zero-order chi connectivity index (χ0) is 22.7. The zero-order valence-corrected chi connectivity index (χ0v) is 17.8. The Morgan fingerprint density at radius 2 is 1.59 bits per heavy atom. The molecule has 0 bridgehead atoms. The van der Waals surface area contributed by atoms with Crippen molar-refractivity contribution in [3.05, 3.63) is 106 Å². The number of amides is 2. The third-order valence-electron chi connectivity index (χ3n) is 5.03. The Morgan fingerprint density at radius 3 is 2.31 bits per heavy atom. The number of fused-ring (bicyclic) bond motifs is 1. The van der Waals surface area contributed by atoms with Gasteiger partial charge in [-0.1, -0.05) is 54.6 Å². The van der Waals surface area contributed by atoms with Crippen molar-refractivity contribution in [1.82, 2.24) is 14.7 Å². The van der Waals surface area contributed by atoms with Crippen molar-refractivity contribution < 1.29 is 9.59 Å². The molecule has 1 N–H and O–H groups in total. The molecule has 4 rings (SSSR count). The van der Waals surface area contributed by atoms with Crippen molar-refractivity contribution in [1.29, 1.82) is 0 Å². The standard InChI is InChI=1S/C25H22N4O3/c1-28(2)24(31)18-11-8-12-19(15-18)26-23(30)22-20-13-6-7-14-21(20)25(32)29(27-22)16-17-9-4-3-5-10-17/h3-15H,16H2,1-2H3,(H,26,30). The normalized spacial score (nSPS) is 10.7. The molecule has 0 unspecified atom stereocenters. The van der Waals surface area contributed by atoms with Crippen LogP contribution >= 0.6 is 0 Å². The lowest BCUT2D eigenvalue weighted by atomic mass is 10.1. The highest BCUT2D eigenvalue weighted by Gasteiger charge is 2.18. The van der Waals surface area contributed by atoms with Gasteiger partial charge in [0.1, 0.15) is 0 Å². The molecule has 0 aliphatic carbocycles. The topological polar surface area (TPSA) is 84.3 Å². The first kappa shape index (κ1) is 21.0. The first-order chi connectivity index (χ1) is 15.4. The smallest absolute Gasteiger partial charge is 0.276 e. The fourth-order valence-electron chi connectivity index (χ4n) is 3.44. The van der Waals surface area contributed by atoms with Gasteiger partial charge in [-0.3, -0.25) is 14.4 Å². The Hall–Kier alpha value is -4.26. The number of aromatic nitrogens is 2. The predicted octanol–water partition coefficient (Wildman–Crippen LogP) is 3.40. The van der Waals surface area contributed by atoms with Crippen LogP contribution in [-0.2, 0) is 6.54 Å². The molecule has 4 aromatic rings. The monoisotopic (exact) mass is 426 g/mol. The summed E-state index contributed by atoms with van der Waals surface area (Å²) in [5.41, 5.74) is 1.70. The van der Waals surface area contributed by atoms with Crippen LogP contribution in [-0.4, -0.2) is 40.6 Å². The Kier molecular flexibility index (Phi) is 5.81. The van der Waals surface area contributed by atoms with E-state index in [4.69, 9.17) is 0 Å². The average molecular weight is 426 g/mol. The van der Waals surface area contributed by atoms with Gasteiger partial charge in [0.2, 0.25) is 0 Å². The molecule has 160 valence electrons. The largest absolute Gasteiger partial charge is 0.345 e. The molecular formula is C25H22N4O3. The van der Waals surface area contributed by atoms with Gasteiger partial charge in [-0.15, -0.1) is 0 Å². The maximum absolute atomic E-state index is 13.2. The first-order valence-corrected chi connectivity index (χ1v) is 10.1.